The lowest BCUT2D eigenvalue weighted by atomic mass is 9.93. The summed E-state index contributed by atoms with van der Waals surface area (Å²) in [5.74, 6) is 0.263. The van der Waals surface area contributed by atoms with Gasteiger partial charge in [0.05, 0.1) is 12.2 Å². The van der Waals surface area contributed by atoms with Gasteiger partial charge in [0.25, 0.3) is 0 Å². The van der Waals surface area contributed by atoms with Crippen molar-refractivity contribution in [2.75, 3.05) is 0 Å². The average Bonchev–Trinajstić information content (AvgIpc) is 2.18. The molecule has 1 aromatic rings. The molecular formula is C12H18O3. The van der Waals surface area contributed by atoms with E-state index in [1.165, 1.54) is 0 Å². The van der Waals surface area contributed by atoms with Gasteiger partial charge in [-0.3, -0.25) is 0 Å². The highest BCUT2D eigenvalue weighted by molar-refractivity contribution is 5.34. The van der Waals surface area contributed by atoms with E-state index in [1.807, 2.05) is 19.1 Å². The molecule has 0 saturated heterocycles. The maximum Gasteiger partial charge on any atom is 0.119 e. The molecule has 1 aromatic carbocycles. The molecule has 3 atom stereocenters. The van der Waals surface area contributed by atoms with Crippen molar-refractivity contribution in [3.05, 3.63) is 29.8 Å². The van der Waals surface area contributed by atoms with Gasteiger partial charge in [0.1, 0.15) is 5.75 Å². The molecule has 0 radical (unpaired) electrons. The Balaban J connectivity index is 2.69. The normalized spacial score (nSPS) is 17.1. The molecule has 0 fully saturated rings. The molecule has 0 spiro atoms. The third-order valence-electron chi connectivity index (χ3n) is 2.62. The fourth-order valence-electron chi connectivity index (χ4n) is 1.59. The maximum absolute atomic E-state index is 9.59. The Morgan fingerprint density at radius 3 is 2.27 bits per heavy atom. The van der Waals surface area contributed by atoms with Gasteiger partial charge >= 0.3 is 0 Å². The summed E-state index contributed by atoms with van der Waals surface area (Å²) in [6, 6.07) is 7.06. The lowest BCUT2D eigenvalue weighted by Gasteiger charge is -2.19. The number of aliphatic hydroxyl groups is 2. The summed E-state index contributed by atoms with van der Waals surface area (Å²) >= 11 is 0. The van der Waals surface area contributed by atoms with Crippen molar-refractivity contribution < 1.29 is 15.3 Å². The van der Waals surface area contributed by atoms with Crippen LogP contribution in [0.25, 0.3) is 0 Å². The number of aliphatic hydroxyl groups excluding tert-OH is 2. The molecule has 0 aliphatic heterocycles. The zero-order valence-corrected chi connectivity index (χ0v) is 9.09. The second-order valence-corrected chi connectivity index (χ2v) is 4.00. The Bertz CT molecular complexity index is 309. The van der Waals surface area contributed by atoms with Gasteiger partial charge in [-0.1, -0.05) is 25.1 Å². The van der Waals surface area contributed by atoms with Crippen LogP contribution in [0.2, 0.25) is 0 Å². The summed E-state index contributed by atoms with van der Waals surface area (Å²) in [6.07, 6.45) is -1.05. The van der Waals surface area contributed by atoms with E-state index in [2.05, 4.69) is 0 Å². The second-order valence-electron chi connectivity index (χ2n) is 4.00. The van der Waals surface area contributed by atoms with Crippen molar-refractivity contribution in [3.8, 4) is 5.75 Å². The minimum Gasteiger partial charge on any atom is -0.508 e. The zero-order chi connectivity index (χ0) is 11.4. The van der Waals surface area contributed by atoms with Crippen molar-refractivity contribution >= 4 is 0 Å². The van der Waals surface area contributed by atoms with Gasteiger partial charge in [-0.15, -0.1) is 0 Å². The molecule has 3 unspecified atom stereocenters. The van der Waals surface area contributed by atoms with Crippen LogP contribution in [0.5, 0.6) is 5.75 Å². The summed E-state index contributed by atoms with van der Waals surface area (Å²) in [6.45, 7) is 3.48. The first-order valence-electron chi connectivity index (χ1n) is 5.16. The van der Waals surface area contributed by atoms with Gasteiger partial charge in [0, 0.05) is 0 Å². The molecule has 0 heterocycles. The molecule has 0 aliphatic rings. The predicted octanol–water partition coefficient (Wildman–Crippen LogP) is 1.63. The maximum atomic E-state index is 9.59. The van der Waals surface area contributed by atoms with Gasteiger partial charge < -0.3 is 15.3 Å². The third-order valence-corrected chi connectivity index (χ3v) is 2.62. The Hall–Kier alpha value is -1.06. The number of rotatable bonds is 4. The first-order chi connectivity index (χ1) is 7.02. The van der Waals surface area contributed by atoms with Crippen LogP contribution in [0.1, 0.15) is 31.7 Å². The largest absolute Gasteiger partial charge is 0.508 e. The number of para-hydroxylation sites is 1. The summed E-state index contributed by atoms with van der Waals surface area (Å²) in [4.78, 5) is 0. The van der Waals surface area contributed by atoms with Crippen LogP contribution in [0, 0.1) is 0 Å². The van der Waals surface area contributed by atoms with Crippen molar-refractivity contribution in [1.29, 1.82) is 0 Å². The fourth-order valence-corrected chi connectivity index (χ4v) is 1.59. The van der Waals surface area contributed by atoms with E-state index < -0.39 is 12.2 Å². The van der Waals surface area contributed by atoms with Crippen LogP contribution in [0.15, 0.2) is 24.3 Å². The minimum atomic E-state index is -0.750. The van der Waals surface area contributed by atoms with E-state index in [0.29, 0.717) is 6.42 Å². The molecular weight excluding hydrogens is 192 g/mol. The third kappa shape index (κ3) is 3.22. The van der Waals surface area contributed by atoms with Crippen molar-refractivity contribution in [3.63, 3.8) is 0 Å². The molecule has 84 valence electrons. The molecule has 0 bridgehead atoms. The van der Waals surface area contributed by atoms with Crippen LogP contribution in [0.3, 0.4) is 0 Å². The number of hydrogen-bond donors (Lipinski definition) is 3. The smallest absolute Gasteiger partial charge is 0.119 e. The van der Waals surface area contributed by atoms with Gasteiger partial charge in [0.15, 0.2) is 0 Å². The second kappa shape index (κ2) is 5.14. The fraction of sp³-hybridized carbons (Fsp3) is 0.500. The molecule has 0 amide bonds. The quantitative estimate of drug-likeness (QED) is 0.707. The highest BCUT2D eigenvalue weighted by Crippen LogP contribution is 2.28. The van der Waals surface area contributed by atoms with E-state index in [9.17, 15) is 15.3 Å². The van der Waals surface area contributed by atoms with Crippen LogP contribution in [0.4, 0.5) is 0 Å². The Kier molecular flexibility index (Phi) is 4.12. The molecule has 3 nitrogen and oxygen atoms in total. The van der Waals surface area contributed by atoms with E-state index in [4.69, 9.17) is 0 Å². The first kappa shape index (κ1) is 12.0. The SMILES string of the molecule is CC(CC(O)C(C)O)c1ccccc1O. The highest BCUT2D eigenvalue weighted by atomic mass is 16.3. The predicted molar refractivity (Wildman–Crippen MR) is 58.8 cm³/mol. The van der Waals surface area contributed by atoms with Crippen molar-refractivity contribution in [2.45, 2.75) is 38.4 Å². The number of aromatic hydroxyl groups is 1. The summed E-state index contributed by atoms with van der Waals surface area (Å²) in [5.41, 5.74) is 0.803. The molecule has 15 heavy (non-hydrogen) atoms. The average molecular weight is 210 g/mol. The topological polar surface area (TPSA) is 60.7 Å². The number of benzene rings is 1. The number of hydrogen-bond acceptors (Lipinski definition) is 3. The molecule has 0 aliphatic carbocycles. The van der Waals surface area contributed by atoms with E-state index >= 15 is 0 Å². The molecule has 0 aromatic heterocycles. The molecule has 3 heteroatoms. The van der Waals surface area contributed by atoms with Crippen LogP contribution in [-0.4, -0.2) is 27.5 Å². The van der Waals surface area contributed by atoms with Gasteiger partial charge in [-0.25, -0.2) is 0 Å². The lowest BCUT2D eigenvalue weighted by molar-refractivity contribution is 0.0226. The minimum absolute atomic E-state index is 0.0239. The Morgan fingerprint density at radius 2 is 1.73 bits per heavy atom. The molecule has 0 saturated carbocycles. The molecule has 1 rings (SSSR count). The van der Waals surface area contributed by atoms with Crippen molar-refractivity contribution in [1.82, 2.24) is 0 Å². The Labute approximate surface area is 90.0 Å². The van der Waals surface area contributed by atoms with Gasteiger partial charge in [0.2, 0.25) is 0 Å². The first-order valence-corrected chi connectivity index (χ1v) is 5.16. The van der Waals surface area contributed by atoms with Crippen LogP contribution in [-0.2, 0) is 0 Å². The standard InChI is InChI=1S/C12H18O3/c1-8(7-12(15)9(2)13)10-5-3-4-6-11(10)14/h3-6,8-9,12-15H,7H2,1-2H3. The van der Waals surface area contributed by atoms with Gasteiger partial charge in [-0.2, -0.15) is 0 Å². The highest BCUT2D eigenvalue weighted by Gasteiger charge is 2.17. The summed E-state index contributed by atoms with van der Waals surface area (Å²) in [7, 11) is 0. The lowest BCUT2D eigenvalue weighted by Crippen LogP contribution is -2.24. The van der Waals surface area contributed by atoms with Crippen LogP contribution >= 0.6 is 0 Å². The van der Waals surface area contributed by atoms with E-state index in [-0.39, 0.29) is 11.7 Å². The monoisotopic (exact) mass is 210 g/mol. The number of phenolic OH excluding ortho intramolecular Hbond substituents is 1. The van der Waals surface area contributed by atoms with Crippen molar-refractivity contribution in [2.24, 2.45) is 0 Å². The van der Waals surface area contributed by atoms with Crippen LogP contribution < -0.4 is 0 Å². The van der Waals surface area contributed by atoms with Gasteiger partial charge in [-0.05, 0) is 30.9 Å². The van der Waals surface area contributed by atoms with E-state index in [1.54, 1.807) is 19.1 Å². The summed E-state index contributed by atoms with van der Waals surface area (Å²) < 4.78 is 0. The summed E-state index contributed by atoms with van der Waals surface area (Å²) in [5, 5.41) is 28.3. The number of phenols is 1. The zero-order valence-electron chi connectivity index (χ0n) is 9.09. The van der Waals surface area contributed by atoms with E-state index in [0.717, 1.165) is 5.56 Å². The molecule has 3 N–H and O–H groups in total. The Morgan fingerprint density at radius 1 is 1.13 bits per heavy atom.